The third-order valence-corrected chi connectivity index (χ3v) is 12.2. The van der Waals surface area contributed by atoms with Crippen molar-refractivity contribution in [1.29, 1.82) is 0 Å². The second-order valence-corrected chi connectivity index (χ2v) is 17.9. The molecule has 0 saturated carbocycles. The molecule has 0 saturated heterocycles. The Kier molecular flexibility index (Phi) is 45.4. The number of allylic oxidation sites excluding steroid dienone is 2. The molecule has 4 unspecified atom stereocenters. The molecule has 6 heteroatoms. The van der Waals surface area contributed by atoms with Gasteiger partial charge < -0.3 is 25.7 Å². The quantitative estimate of drug-likeness (QED) is 0.0311. The summed E-state index contributed by atoms with van der Waals surface area (Å²) in [6, 6.07) is -0.997. The van der Waals surface area contributed by atoms with Gasteiger partial charge in [0, 0.05) is 0 Å². The molecule has 0 aromatic carbocycles. The van der Waals surface area contributed by atoms with E-state index >= 15 is 0 Å². The Morgan fingerprint density at radius 1 is 0.421 bits per heavy atom. The monoisotopic (exact) mass is 808 g/mol. The first kappa shape index (κ1) is 56.0. The van der Waals surface area contributed by atoms with Gasteiger partial charge in [-0.15, -0.1) is 0 Å². The smallest absolute Gasteiger partial charge is 0.249 e. The van der Waals surface area contributed by atoms with Crippen LogP contribution in [-0.2, 0) is 4.79 Å². The van der Waals surface area contributed by atoms with E-state index in [2.05, 4.69) is 31.3 Å². The van der Waals surface area contributed by atoms with Crippen LogP contribution in [0.2, 0.25) is 0 Å². The van der Waals surface area contributed by atoms with Crippen LogP contribution in [0.25, 0.3) is 0 Å². The molecule has 0 heterocycles. The molecule has 0 aromatic rings. The highest BCUT2D eigenvalue weighted by Gasteiger charge is 2.28. The van der Waals surface area contributed by atoms with E-state index in [1.807, 2.05) is 0 Å². The summed E-state index contributed by atoms with van der Waals surface area (Å²) in [7, 11) is 0. The van der Waals surface area contributed by atoms with Crippen molar-refractivity contribution in [3.63, 3.8) is 0 Å². The van der Waals surface area contributed by atoms with Gasteiger partial charge in [0.15, 0.2) is 0 Å². The molecule has 6 nitrogen and oxygen atoms in total. The minimum absolute atomic E-state index is 0.367. The first-order chi connectivity index (χ1) is 28.0. The third kappa shape index (κ3) is 40.2. The topological polar surface area (TPSA) is 110 Å². The van der Waals surface area contributed by atoms with Gasteiger partial charge in [0.1, 0.15) is 12.2 Å². The number of hydrogen-bond acceptors (Lipinski definition) is 5. The number of carbonyl (C=O) groups is 1. The van der Waals surface area contributed by atoms with E-state index in [4.69, 9.17) is 0 Å². The maximum Gasteiger partial charge on any atom is 0.249 e. The molecule has 0 aliphatic carbocycles. The van der Waals surface area contributed by atoms with Crippen LogP contribution in [0, 0.1) is 0 Å². The number of amides is 1. The Bertz CT molecular complexity index is 821. The van der Waals surface area contributed by atoms with E-state index in [-0.39, 0.29) is 0 Å². The Labute approximate surface area is 355 Å². The van der Waals surface area contributed by atoms with Crippen molar-refractivity contribution in [3.05, 3.63) is 12.2 Å². The third-order valence-electron chi connectivity index (χ3n) is 12.2. The fourth-order valence-electron chi connectivity index (χ4n) is 8.17. The van der Waals surface area contributed by atoms with Crippen LogP contribution in [0.15, 0.2) is 12.2 Å². The van der Waals surface area contributed by atoms with Crippen molar-refractivity contribution in [2.75, 3.05) is 6.61 Å². The predicted molar refractivity (Wildman–Crippen MR) is 247 cm³/mol. The number of hydrogen-bond donors (Lipinski definition) is 5. The van der Waals surface area contributed by atoms with Gasteiger partial charge in [-0.05, 0) is 38.5 Å². The summed E-state index contributed by atoms with van der Waals surface area (Å²) < 4.78 is 0. The van der Waals surface area contributed by atoms with E-state index in [1.165, 1.54) is 212 Å². The number of rotatable bonds is 47. The SMILES string of the molecule is CCCCCCCCCCCCCCCCCCCCCCCCCCC/C=C/CCCC(O)C(O)C(CO)NC(=O)C(O)CCCCCCCCCCCCC. The molecule has 0 bridgehead atoms. The molecule has 0 aromatic heterocycles. The minimum atomic E-state index is -1.28. The molecule has 57 heavy (non-hydrogen) atoms. The lowest BCUT2D eigenvalue weighted by Gasteiger charge is -2.27. The highest BCUT2D eigenvalue weighted by Crippen LogP contribution is 2.17. The van der Waals surface area contributed by atoms with Gasteiger partial charge in [-0.1, -0.05) is 251 Å². The van der Waals surface area contributed by atoms with E-state index in [1.54, 1.807) is 0 Å². The van der Waals surface area contributed by atoms with Gasteiger partial charge in [0.2, 0.25) is 5.91 Å². The fraction of sp³-hybridized carbons (Fsp3) is 0.941. The van der Waals surface area contributed by atoms with E-state index in [9.17, 15) is 25.2 Å². The average molecular weight is 808 g/mol. The van der Waals surface area contributed by atoms with Gasteiger partial charge in [-0.3, -0.25) is 4.79 Å². The van der Waals surface area contributed by atoms with Gasteiger partial charge in [0.25, 0.3) is 0 Å². The second-order valence-electron chi connectivity index (χ2n) is 17.9. The van der Waals surface area contributed by atoms with Gasteiger partial charge in [0.05, 0.1) is 18.8 Å². The first-order valence-electron chi connectivity index (χ1n) is 25.6. The summed E-state index contributed by atoms with van der Waals surface area (Å²) in [4.78, 5) is 12.5. The molecular formula is C51H101NO5. The van der Waals surface area contributed by atoms with Crippen LogP contribution in [-0.4, -0.2) is 57.3 Å². The molecule has 4 atom stereocenters. The van der Waals surface area contributed by atoms with Crippen molar-refractivity contribution in [2.24, 2.45) is 0 Å². The van der Waals surface area contributed by atoms with Crippen LogP contribution in [0.4, 0.5) is 0 Å². The van der Waals surface area contributed by atoms with Gasteiger partial charge >= 0.3 is 0 Å². The Morgan fingerprint density at radius 3 is 1.05 bits per heavy atom. The maximum absolute atomic E-state index is 12.5. The second kappa shape index (κ2) is 46.1. The molecule has 0 rings (SSSR count). The Balaban J connectivity index is 3.58. The van der Waals surface area contributed by atoms with Crippen molar-refractivity contribution < 1.29 is 25.2 Å². The number of aliphatic hydroxyl groups excluding tert-OH is 4. The zero-order valence-electron chi connectivity index (χ0n) is 38.4. The van der Waals surface area contributed by atoms with E-state index in [0.29, 0.717) is 12.8 Å². The Morgan fingerprint density at radius 2 is 0.719 bits per heavy atom. The molecule has 0 spiro atoms. The normalized spacial score (nSPS) is 14.0. The number of aliphatic hydroxyl groups is 4. The zero-order valence-corrected chi connectivity index (χ0v) is 38.4. The lowest BCUT2D eigenvalue weighted by molar-refractivity contribution is -0.132. The summed E-state index contributed by atoms with van der Waals surface area (Å²) in [5.74, 6) is -0.591. The van der Waals surface area contributed by atoms with Crippen molar-refractivity contribution in [3.8, 4) is 0 Å². The highest BCUT2D eigenvalue weighted by molar-refractivity contribution is 5.80. The van der Waals surface area contributed by atoms with Crippen molar-refractivity contribution in [1.82, 2.24) is 5.32 Å². The standard InChI is InChI=1S/C51H101NO5/c1-3-5-7-9-11-13-15-16-17-18-19-20-21-22-23-24-25-26-27-28-29-30-31-32-33-35-36-38-40-42-44-48(54)50(56)47(46-53)52-51(57)49(55)45-43-41-39-37-34-14-12-10-8-6-4-2/h36,38,47-50,53-56H,3-35,37,39-46H2,1-2H3,(H,52,57)/b38-36+. The first-order valence-corrected chi connectivity index (χ1v) is 25.6. The predicted octanol–water partition coefficient (Wildman–Crippen LogP) is 14.1. The van der Waals surface area contributed by atoms with Gasteiger partial charge in [-0.25, -0.2) is 0 Å². The van der Waals surface area contributed by atoms with Crippen molar-refractivity contribution in [2.45, 2.75) is 301 Å². The lowest BCUT2D eigenvalue weighted by Crippen LogP contribution is -2.53. The van der Waals surface area contributed by atoms with Crippen LogP contribution in [0.3, 0.4) is 0 Å². The van der Waals surface area contributed by atoms with E-state index in [0.717, 1.165) is 38.5 Å². The van der Waals surface area contributed by atoms with Crippen LogP contribution >= 0.6 is 0 Å². The molecule has 1 amide bonds. The lowest BCUT2D eigenvalue weighted by atomic mass is 10.00. The maximum atomic E-state index is 12.5. The molecule has 0 aliphatic heterocycles. The fourth-order valence-corrected chi connectivity index (χ4v) is 8.17. The number of carbonyl (C=O) groups excluding carboxylic acids is 1. The van der Waals surface area contributed by atoms with Crippen LogP contribution in [0.5, 0.6) is 0 Å². The summed E-state index contributed by atoms with van der Waals surface area (Å²) >= 11 is 0. The molecule has 0 fully saturated rings. The molecule has 340 valence electrons. The van der Waals surface area contributed by atoms with Crippen LogP contribution in [0.1, 0.15) is 277 Å². The van der Waals surface area contributed by atoms with Gasteiger partial charge in [-0.2, -0.15) is 0 Å². The van der Waals surface area contributed by atoms with Crippen molar-refractivity contribution >= 4 is 5.91 Å². The van der Waals surface area contributed by atoms with Crippen LogP contribution < -0.4 is 5.32 Å². The minimum Gasteiger partial charge on any atom is -0.394 e. The molecule has 5 N–H and O–H groups in total. The summed E-state index contributed by atoms with van der Waals surface area (Å²) in [6.45, 7) is 4.04. The summed E-state index contributed by atoms with van der Waals surface area (Å²) in [5.41, 5.74) is 0. The summed E-state index contributed by atoms with van der Waals surface area (Å²) in [6.07, 6.45) is 52.9. The highest BCUT2D eigenvalue weighted by atomic mass is 16.3. The molecule has 0 radical (unpaired) electrons. The largest absolute Gasteiger partial charge is 0.394 e. The average Bonchev–Trinajstić information content (AvgIpc) is 3.22. The Hall–Kier alpha value is -0.950. The molecular weight excluding hydrogens is 707 g/mol. The number of nitrogens with one attached hydrogen (secondary N) is 1. The number of unbranched alkanes of at least 4 members (excludes halogenated alkanes) is 36. The summed E-state index contributed by atoms with van der Waals surface area (Å²) in [5, 5.41) is 43.7. The van der Waals surface area contributed by atoms with E-state index < -0.39 is 36.9 Å². The molecule has 0 aliphatic rings. The zero-order chi connectivity index (χ0) is 41.7.